The summed E-state index contributed by atoms with van der Waals surface area (Å²) in [6.45, 7) is 1.04. The van der Waals surface area contributed by atoms with Crippen molar-refractivity contribution >= 4 is 17.8 Å². The van der Waals surface area contributed by atoms with E-state index in [-0.39, 0.29) is 30.4 Å². The van der Waals surface area contributed by atoms with E-state index in [0.29, 0.717) is 31.8 Å². The van der Waals surface area contributed by atoms with E-state index in [0.717, 1.165) is 19.3 Å². The number of hydrogen-bond donors (Lipinski definition) is 2. The van der Waals surface area contributed by atoms with Crippen LogP contribution in [0.1, 0.15) is 32.1 Å². The molecule has 0 aromatic carbocycles. The first-order chi connectivity index (χ1) is 10.0. The molecule has 7 heteroatoms. The highest BCUT2D eigenvalue weighted by molar-refractivity contribution is 6.01. The number of urea groups is 1. The highest BCUT2D eigenvalue weighted by Gasteiger charge is 2.33. The molecule has 1 saturated heterocycles. The average molecular weight is 296 g/mol. The van der Waals surface area contributed by atoms with Crippen LogP contribution >= 0.6 is 0 Å². The number of amides is 4. The minimum absolute atomic E-state index is 0.0206. The van der Waals surface area contributed by atoms with Gasteiger partial charge in [-0.1, -0.05) is 6.42 Å². The van der Waals surface area contributed by atoms with Gasteiger partial charge in [-0.25, -0.2) is 4.79 Å². The molecule has 2 rings (SSSR count). The summed E-state index contributed by atoms with van der Waals surface area (Å²) in [4.78, 5) is 37.8. The molecular formula is C14H24N4O3. The first-order valence-electron chi connectivity index (χ1n) is 7.57. The van der Waals surface area contributed by atoms with Crippen molar-refractivity contribution in [2.45, 2.75) is 38.1 Å². The molecule has 0 aromatic heterocycles. The van der Waals surface area contributed by atoms with Crippen LogP contribution in [0, 0.1) is 5.92 Å². The van der Waals surface area contributed by atoms with Crippen molar-refractivity contribution in [1.82, 2.24) is 15.1 Å². The van der Waals surface area contributed by atoms with Crippen molar-refractivity contribution in [3.63, 3.8) is 0 Å². The highest BCUT2D eigenvalue weighted by Crippen LogP contribution is 2.24. The molecule has 1 saturated carbocycles. The number of imide groups is 1. The Morgan fingerprint density at radius 2 is 2.14 bits per heavy atom. The van der Waals surface area contributed by atoms with Crippen molar-refractivity contribution < 1.29 is 14.4 Å². The van der Waals surface area contributed by atoms with Crippen LogP contribution in [0.4, 0.5) is 4.79 Å². The maximum absolute atomic E-state index is 11.9. The van der Waals surface area contributed by atoms with E-state index in [4.69, 9.17) is 5.73 Å². The number of nitrogens with zero attached hydrogens (tertiary/aromatic N) is 2. The van der Waals surface area contributed by atoms with Gasteiger partial charge in [0.05, 0.1) is 0 Å². The standard InChI is InChI=1S/C14H24N4O3/c1-17-9-13(20)18(14(17)21)7-3-6-12(19)16-11-5-2-4-10(11)8-15/h10-11H,2-9,15H2,1H3,(H,16,19). The van der Waals surface area contributed by atoms with E-state index in [1.54, 1.807) is 7.05 Å². The second-order valence-corrected chi connectivity index (χ2v) is 5.89. The van der Waals surface area contributed by atoms with Crippen molar-refractivity contribution in [3.8, 4) is 0 Å². The minimum atomic E-state index is -0.278. The average Bonchev–Trinajstić information content (AvgIpc) is 2.98. The second kappa shape index (κ2) is 6.89. The van der Waals surface area contributed by atoms with Crippen molar-refractivity contribution in [2.24, 2.45) is 11.7 Å². The Bertz CT molecular complexity index is 426. The number of nitrogens with one attached hydrogen (secondary N) is 1. The number of likely N-dealkylation sites (N-methyl/N-ethyl adjacent to an activating group) is 1. The summed E-state index contributed by atoms with van der Waals surface area (Å²) >= 11 is 0. The predicted molar refractivity (Wildman–Crippen MR) is 77.3 cm³/mol. The lowest BCUT2D eigenvalue weighted by atomic mass is 10.0. The molecule has 118 valence electrons. The van der Waals surface area contributed by atoms with Crippen molar-refractivity contribution in [3.05, 3.63) is 0 Å². The maximum atomic E-state index is 11.9. The Hall–Kier alpha value is -1.63. The number of carbonyl (C=O) groups excluding carboxylic acids is 3. The SMILES string of the molecule is CN1CC(=O)N(CCCC(=O)NC2CCCC2CN)C1=O. The fraction of sp³-hybridized carbons (Fsp3) is 0.786. The van der Waals surface area contributed by atoms with Crippen molar-refractivity contribution in [1.29, 1.82) is 0 Å². The molecule has 2 unspecified atom stereocenters. The number of hydrogen-bond acceptors (Lipinski definition) is 4. The van der Waals surface area contributed by atoms with E-state index in [2.05, 4.69) is 5.32 Å². The number of nitrogens with two attached hydrogens (primary N) is 1. The quantitative estimate of drug-likeness (QED) is 0.669. The molecule has 0 spiro atoms. The summed E-state index contributed by atoms with van der Waals surface area (Å²) in [7, 11) is 1.60. The van der Waals surface area contributed by atoms with Crippen LogP contribution < -0.4 is 11.1 Å². The highest BCUT2D eigenvalue weighted by atomic mass is 16.2. The Morgan fingerprint density at radius 1 is 1.38 bits per heavy atom. The summed E-state index contributed by atoms with van der Waals surface area (Å²) in [6, 6.07) is -0.0944. The molecule has 1 aliphatic heterocycles. The van der Waals surface area contributed by atoms with Crippen LogP contribution in [0.3, 0.4) is 0 Å². The molecule has 2 atom stereocenters. The molecule has 1 aliphatic carbocycles. The molecule has 1 heterocycles. The molecular weight excluding hydrogens is 272 g/mol. The summed E-state index contributed by atoms with van der Waals surface area (Å²) in [5.74, 6) is 0.166. The van der Waals surface area contributed by atoms with Gasteiger partial charge in [0, 0.05) is 26.1 Å². The molecule has 2 aliphatic rings. The predicted octanol–water partition coefficient (Wildman–Crippen LogP) is -0.0958. The van der Waals surface area contributed by atoms with Gasteiger partial charge in [-0.2, -0.15) is 0 Å². The van der Waals surface area contributed by atoms with Gasteiger partial charge in [0.1, 0.15) is 6.54 Å². The summed E-state index contributed by atoms with van der Waals surface area (Å²) < 4.78 is 0. The minimum Gasteiger partial charge on any atom is -0.353 e. The zero-order valence-electron chi connectivity index (χ0n) is 12.5. The number of carbonyl (C=O) groups is 3. The molecule has 0 radical (unpaired) electrons. The fourth-order valence-electron chi connectivity index (χ4n) is 3.07. The first kappa shape index (κ1) is 15.8. The second-order valence-electron chi connectivity index (χ2n) is 5.89. The summed E-state index contributed by atoms with van der Waals surface area (Å²) in [6.07, 6.45) is 3.99. The maximum Gasteiger partial charge on any atom is 0.326 e. The lowest BCUT2D eigenvalue weighted by molar-refractivity contribution is -0.126. The Morgan fingerprint density at radius 3 is 2.76 bits per heavy atom. The van der Waals surface area contributed by atoms with Crippen LogP contribution in [0.2, 0.25) is 0 Å². The van der Waals surface area contributed by atoms with E-state index in [9.17, 15) is 14.4 Å². The monoisotopic (exact) mass is 296 g/mol. The molecule has 7 nitrogen and oxygen atoms in total. The molecule has 0 bridgehead atoms. The largest absolute Gasteiger partial charge is 0.353 e. The van der Waals surface area contributed by atoms with Gasteiger partial charge >= 0.3 is 6.03 Å². The van der Waals surface area contributed by atoms with Gasteiger partial charge in [-0.3, -0.25) is 14.5 Å². The van der Waals surface area contributed by atoms with Gasteiger partial charge in [0.25, 0.3) is 0 Å². The third-order valence-corrected chi connectivity index (χ3v) is 4.32. The molecule has 2 fully saturated rings. The lowest BCUT2D eigenvalue weighted by Gasteiger charge is -2.20. The van der Waals surface area contributed by atoms with E-state index < -0.39 is 0 Å². The van der Waals surface area contributed by atoms with Gasteiger partial charge in [-0.05, 0) is 31.7 Å². The Balaban J connectivity index is 1.70. The molecule has 3 N–H and O–H groups in total. The van der Waals surface area contributed by atoms with Crippen LogP contribution in [0.25, 0.3) is 0 Å². The van der Waals surface area contributed by atoms with Crippen molar-refractivity contribution in [2.75, 3.05) is 26.7 Å². The zero-order valence-corrected chi connectivity index (χ0v) is 12.5. The lowest BCUT2D eigenvalue weighted by Crippen LogP contribution is -2.40. The first-order valence-corrected chi connectivity index (χ1v) is 7.57. The van der Waals surface area contributed by atoms with Crippen LogP contribution in [0.5, 0.6) is 0 Å². The van der Waals surface area contributed by atoms with Crippen LogP contribution in [-0.2, 0) is 9.59 Å². The molecule has 0 aromatic rings. The van der Waals surface area contributed by atoms with Crippen LogP contribution in [0.15, 0.2) is 0 Å². The van der Waals surface area contributed by atoms with E-state index in [1.165, 1.54) is 9.80 Å². The summed E-state index contributed by atoms with van der Waals surface area (Å²) in [5.41, 5.74) is 5.69. The molecule has 21 heavy (non-hydrogen) atoms. The normalized spacial score (nSPS) is 25.8. The van der Waals surface area contributed by atoms with Crippen LogP contribution in [-0.4, -0.2) is 60.4 Å². The fourth-order valence-corrected chi connectivity index (χ4v) is 3.07. The van der Waals surface area contributed by atoms with Gasteiger partial charge in [0.2, 0.25) is 11.8 Å². The van der Waals surface area contributed by atoms with Gasteiger partial charge < -0.3 is 16.0 Å². The smallest absolute Gasteiger partial charge is 0.326 e. The Kier molecular flexibility index (Phi) is 5.17. The van der Waals surface area contributed by atoms with Gasteiger partial charge in [0.15, 0.2) is 0 Å². The zero-order chi connectivity index (χ0) is 15.4. The topological polar surface area (TPSA) is 95.7 Å². The van der Waals surface area contributed by atoms with E-state index >= 15 is 0 Å². The third-order valence-electron chi connectivity index (χ3n) is 4.32. The summed E-state index contributed by atoms with van der Waals surface area (Å²) in [5, 5.41) is 3.02. The number of rotatable bonds is 6. The Labute approximate surface area is 124 Å². The third kappa shape index (κ3) is 3.72. The molecule has 4 amide bonds. The van der Waals surface area contributed by atoms with E-state index in [1.807, 2.05) is 0 Å². The van der Waals surface area contributed by atoms with Gasteiger partial charge in [-0.15, -0.1) is 0 Å².